The fourth-order valence-electron chi connectivity index (χ4n) is 3.59. The van der Waals surface area contributed by atoms with Crippen molar-refractivity contribution in [3.05, 3.63) is 71.7 Å². The van der Waals surface area contributed by atoms with Crippen LogP contribution in [0.1, 0.15) is 12.6 Å². The number of nitrogens with zero attached hydrogens (tertiary/aromatic N) is 4. The maximum atomic E-state index is 14.7. The molecule has 3 heterocycles. The van der Waals surface area contributed by atoms with Gasteiger partial charge in [0.1, 0.15) is 11.5 Å². The smallest absolute Gasteiger partial charge is 0.282 e. The number of hydrogen-bond donors (Lipinski definition) is 0. The average molecular weight is 415 g/mol. The van der Waals surface area contributed by atoms with Crippen LogP contribution in [0.4, 0.5) is 8.78 Å². The molecule has 8 heteroatoms. The lowest BCUT2D eigenvalue weighted by Crippen LogP contribution is -2.45. The van der Waals surface area contributed by atoms with Crippen LogP contribution in [-0.2, 0) is 17.9 Å². The van der Waals surface area contributed by atoms with E-state index in [1.54, 1.807) is 48.3 Å². The van der Waals surface area contributed by atoms with Crippen LogP contribution in [0.2, 0.25) is 5.02 Å². The minimum absolute atomic E-state index is 0.128. The Bertz CT molecular complexity index is 1110. The molecule has 1 aliphatic rings. The summed E-state index contributed by atoms with van der Waals surface area (Å²) in [7, 11) is 0. The number of fused-ring (bicyclic) bond motifs is 1. The lowest BCUT2D eigenvalue weighted by Gasteiger charge is -2.34. The molecular weight excluding hydrogens is 398 g/mol. The van der Waals surface area contributed by atoms with E-state index in [0.29, 0.717) is 29.1 Å². The largest absolute Gasteiger partial charge is 0.326 e. The SMILES string of the molecule is C=C(F)C(=O)N1Cc2c(-c3ccncc3)c(-c3ccc(Cl)cc3F)nn2C[C@H]1C. The molecule has 5 nitrogen and oxygen atoms in total. The Morgan fingerprint density at radius 1 is 1.28 bits per heavy atom. The van der Waals surface area contributed by atoms with Crippen molar-refractivity contribution in [1.29, 1.82) is 0 Å². The second kappa shape index (κ2) is 7.40. The van der Waals surface area contributed by atoms with Crippen LogP contribution in [0.25, 0.3) is 22.4 Å². The lowest BCUT2D eigenvalue weighted by atomic mass is 9.98. The molecule has 0 spiro atoms. The summed E-state index contributed by atoms with van der Waals surface area (Å²) in [5.41, 5.74) is 2.85. The van der Waals surface area contributed by atoms with E-state index in [1.165, 1.54) is 11.0 Å². The number of carbonyl (C=O) groups excluding carboxylic acids is 1. The minimum atomic E-state index is -1.01. The summed E-state index contributed by atoms with van der Waals surface area (Å²) in [6.45, 7) is 5.41. The fraction of sp³-hybridized carbons (Fsp3) is 0.190. The van der Waals surface area contributed by atoms with Gasteiger partial charge in [-0.25, -0.2) is 8.78 Å². The van der Waals surface area contributed by atoms with E-state index in [1.807, 2.05) is 0 Å². The maximum absolute atomic E-state index is 14.7. The topological polar surface area (TPSA) is 51.0 Å². The molecule has 0 N–H and O–H groups in total. The third-order valence-corrected chi connectivity index (χ3v) is 5.23. The van der Waals surface area contributed by atoms with Crippen molar-refractivity contribution in [3.63, 3.8) is 0 Å². The number of carbonyl (C=O) groups is 1. The minimum Gasteiger partial charge on any atom is -0.326 e. The number of halogens is 3. The first kappa shape index (κ1) is 19.3. The monoisotopic (exact) mass is 414 g/mol. The van der Waals surface area contributed by atoms with Crippen LogP contribution in [0.15, 0.2) is 55.1 Å². The van der Waals surface area contributed by atoms with Crippen LogP contribution in [-0.4, -0.2) is 31.6 Å². The van der Waals surface area contributed by atoms with Crippen LogP contribution < -0.4 is 0 Å². The van der Waals surface area contributed by atoms with Gasteiger partial charge in [0, 0.05) is 34.6 Å². The Balaban J connectivity index is 1.92. The van der Waals surface area contributed by atoms with Gasteiger partial charge in [0.05, 0.1) is 18.8 Å². The first-order valence-electron chi connectivity index (χ1n) is 8.97. The van der Waals surface area contributed by atoms with E-state index >= 15 is 0 Å². The number of pyridine rings is 1. The maximum Gasteiger partial charge on any atom is 0.282 e. The third kappa shape index (κ3) is 3.42. The van der Waals surface area contributed by atoms with Gasteiger partial charge in [0.25, 0.3) is 5.91 Å². The van der Waals surface area contributed by atoms with Crippen molar-refractivity contribution >= 4 is 17.5 Å². The van der Waals surface area contributed by atoms with Gasteiger partial charge in [-0.05, 0) is 42.8 Å². The summed E-state index contributed by atoms with van der Waals surface area (Å²) in [5, 5.41) is 4.92. The fourth-order valence-corrected chi connectivity index (χ4v) is 3.75. The van der Waals surface area contributed by atoms with Crippen molar-refractivity contribution in [2.45, 2.75) is 26.1 Å². The van der Waals surface area contributed by atoms with Crippen molar-refractivity contribution in [3.8, 4) is 22.4 Å². The Labute approximate surface area is 171 Å². The van der Waals surface area contributed by atoms with Gasteiger partial charge < -0.3 is 4.90 Å². The van der Waals surface area contributed by atoms with E-state index in [0.717, 1.165) is 5.56 Å². The molecule has 0 fully saturated rings. The van der Waals surface area contributed by atoms with Crippen molar-refractivity contribution in [2.75, 3.05) is 0 Å². The Kier molecular flexibility index (Phi) is 4.92. The molecule has 1 atom stereocenters. The molecule has 1 aromatic carbocycles. The number of aromatic nitrogens is 3. The van der Waals surface area contributed by atoms with Gasteiger partial charge in [-0.15, -0.1) is 0 Å². The van der Waals surface area contributed by atoms with Crippen LogP contribution in [0.3, 0.4) is 0 Å². The highest BCUT2D eigenvalue weighted by Crippen LogP contribution is 2.38. The highest BCUT2D eigenvalue weighted by molar-refractivity contribution is 6.30. The number of rotatable bonds is 3. The van der Waals surface area contributed by atoms with E-state index in [9.17, 15) is 13.6 Å². The van der Waals surface area contributed by atoms with E-state index in [4.69, 9.17) is 11.6 Å². The number of hydrogen-bond acceptors (Lipinski definition) is 3. The summed E-state index contributed by atoms with van der Waals surface area (Å²) < 4.78 is 30.0. The summed E-state index contributed by atoms with van der Waals surface area (Å²) in [4.78, 5) is 17.7. The molecule has 0 radical (unpaired) electrons. The zero-order valence-corrected chi connectivity index (χ0v) is 16.3. The van der Waals surface area contributed by atoms with Gasteiger partial charge in [0.15, 0.2) is 5.83 Å². The van der Waals surface area contributed by atoms with Crippen LogP contribution in [0, 0.1) is 5.82 Å². The molecule has 2 aromatic heterocycles. The highest BCUT2D eigenvalue weighted by atomic mass is 35.5. The van der Waals surface area contributed by atoms with E-state index in [2.05, 4.69) is 16.7 Å². The predicted octanol–water partition coefficient (Wildman–Crippen LogP) is 4.62. The quantitative estimate of drug-likeness (QED) is 0.588. The zero-order valence-electron chi connectivity index (χ0n) is 15.6. The molecule has 1 amide bonds. The van der Waals surface area contributed by atoms with Crippen LogP contribution in [0.5, 0.6) is 0 Å². The molecule has 0 saturated heterocycles. The molecule has 29 heavy (non-hydrogen) atoms. The Morgan fingerprint density at radius 3 is 2.66 bits per heavy atom. The highest BCUT2D eigenvalue weighted by Gasteiger charge is 2.33. The van der Waals surface area contributed by atoms with Crippen molar-refractivity contribution < 1.29 is 13.6 Å². The summed E-state index contributed by atoms with van der Waals surface area (Å²) in [6, 6.07) is 7.68. The van der Waals surface area contributed by atoms with Gasteiger partial charge in [0.2, 0.25) is 0 Å². The second-order valence-corrected chi connectivity index (χ2v) is 7.34. The van der Waals surface area contributed by atoms with E-state index < -0.39 is 17.6 Å². The average Bonchev–Trinajstić information content (AvgIpc) is 3.05. The molecule has 1 aliphatic heterocycles. The first-order valence-corrected chi connectivity index (χ1v) is 9.35. The normalized spacial score (nSPS) is 15.9. The molecule has 0 bridgehead atoms. The molecule has 0 unspecified atom stereocenters. The summed E-state index contributed by atoms with van der Waals surface area (Å²) >= 11 is 5.90. The van der Waals surface area contributed by atoms with Crippen molar-refractivity contribution in [1.82, 2.24) is 19.7 Å². The lowest BCUT2D eigenvalue weighted by molar-refractivity contribution is -0.132. The molecule has 148 valence electrons. The number of amides is 1. The standard InChI is InChI=1S/C21H17ClF2N4O/c1-12-10-28-18(11-27(12)21(29)13(2)23)19(14-5-7-25-8-6-14)20(26-28)16-4-3-15(22)9-17(16)24/h3-9,12H,2,10-11H2,1H3/t12-/m1/s1. The second-order valence-electron chi connectivity index (χ2n) is 6.90. The van der Waals surface area contributed by atoms with Crippen molar-refractivity contribution in [2.24, 2.45) is 0 Å². The van der Waals surface area contributed by atoms with Gasteiger partial charge >= 0.3 is 0 Å². The van der Waals surface area contributed by atoms with Gasteiger partial charge in [-0.2, -0.15) is 5.10 Å². The van der Waals surface area contributed by atoms with Gasteiger partial charge in [-0.3, -0.25) is 14.5 Å². The zero-order chi connectivity index (χ0) is 20.7. The Morgan fingerprint density at radius 2 is 2.00 bits per heavy atom. The molecule has 3 aromatic rings. The third-order valence-electron chi connectivity index (χ3n) is 5.00. The molecule has 4 rings (SSSR count). The molecule has 0 saturated carbocycles. The van der Waals surface area contributed by atoms with Gasteiger partial charge in [-0.1, -0.05) is 18.2 Å². The number of benzene rings is 1. The van der Waals surface area contributed by atoms with Crippen LogP contribution >= 0.6 is 11.6 Å². The first-order chi connectivity index (χ1) is 13.9. The summed E-state index contributed by atoms with van der Waals surface area (Å²) in [6.07, 6.45) is 3.25. The Hall–Kier alpha value is -3.06. The predicted molar refractivity (Wildman–Crippen MR) is 106 cm³/mol. The van der Waals surface area contributed by atoms with E-state index in [-0.39, 0.29) is 17.6 Å². The summed E-state index contributed by atoms with van der Waals surface area (Å²) in [5.74, 6) is -2.27. The molecule has 0 aliphatic carbocycles. The molecular formula is C21H17ClF2N4O.